The van der Waals surface area contributed by atoms with Crippen LogP contribution in [0.4, 0.5) is 10.2 Å². The number of rotatable bonds is 8. The van der Waals surface area contributed by atoms with Crippen molar-refractivity contribution in [1.82, 2.24) is 14.7 Å². The molecule has 1 aromatic carbocycles. The van der Waals surface area contributed by atoms with Crippen LogP contribution < -0.4 is 10.6 Å². The number of carboxylic acids is 1. The number of carboxylic acid groups (broad SMARTS) is 1. The van der Waals surface area contributed by atoms with Crippen molar-refractivity contribution in [2.75, 3.05) is 5.32 Å². The Morgan fingerprint density at radius 2 is 1.68 bits per heavy atom. The fourth-order valence-corrected chi connectivity index (χ4v) is 5.94. The number of nitrogens with zero attached hydrogens (tertiary/aromatic N) is 2. The lowest BCUT2D eigenvalue weighted by atomic mass is 9.82. The van der Waals surface area contributed by atoms with Gasteiger partial charge in [0.2, 0.25) is 0 Å². The Bertz CT molecular complexity index is 1240. The topological polar surface area (TPSA) is 95.7 Å². The average molecular weight is 507 g/mol. The number of imidazole rings is 1. The average Bonchev–Trinajstić information content (AvgIpc) is 3.28. The Kier molecular flexibility index (Phi) is 7.72. The number of pyridine rings is 1. The van der Waals surface area contributed by atoms with Crippen LogP contribution in [0, 0.1) is 11.7 Å². The van der Waals surface area contributed by atoms with Crippen LogP contribution in [0.15, 0.2) is 42.6 Å². The standard InChI is InChI=1S/C29H35FN4O3/c30-21-15-13-20(14-16-21)26-28(31-22-10-5-2-6-11-22)34-17-7-12-23(27(34)33-26)29(37)32-24(18-25(35)36)19-8-3-1-4-9-19/h7,12-17,19,22,24,31H,1-6,8-11,18H2,(H,32,37)(H,35,36). The maximum absolute atomic E-state index is 13.7. The second kappa shape index (κ2) is 11.3. The van der Waals surface area contributed by atoms with Gasteiger partial charge in [0, 0.05) is 23.8 Å². The van der Waals surface area contributed by atoms with Crippen molar-refractivity contribution in [3.63, 3.8) is 0 Å². The fourth-order valence-electron chi connectivity index (χ4n) is 5.94. The zero-order chi connectivity index (χ0) is 25.8. The van der Waals surface area contributed by atoms with Crippen molar-refractivity contribution in [1.29, 1.82) is 0 Å². The van der Waals surface area contributed by atoms with Crippen molar-refractivity contribution < 1.29 is 19.1 Å². The Morgan fingerprint density at radius 3 is 2.35 bits per heavy atom. The minimum absolute atomic E-state index is 0.0940. The molecule has 37 heavy (non-hydrogen) atoms. The zero-order valence-corrected chi connectivity index (χ0v) is 21.1. The van der Waals surface area contributed by atoms with Crippen molar-refractivity contribution in [2.45, 2.75) is 82.7 Å². The lowest BCUT2D eigenvalue weighted by Gasteiger charge is -2.30. The van der Waals surface area contributed by atoms with E-state index in [0.29, 0.717) is 22.9 Å². The van der Waals surface area contributed by atoms with Gasteiger partial charge in [-0.2, -0.15) is 0 Å². The molecule has 196 valence electrons. The molecule has 5 rings (SSSR count). The third-order valence-corrected chi connectivity index (χ3v) is 7.89. The molecule has 3 N–H and O–H groups in total. The first-order chi connectivity index (χ1) is 18.0. The summed E-state index contributed by atoms with van der Waals surface area (Å²) in [7, 11) is 0. The second-order valence-corrected chi connectivity index (χ2v) is 10.5. The molecule has 1 atom stereocenters. The summed E-state index contributed by atoms with van der Waals surface area (Å²) in [6.07, 6.45) is 12.6. The van der Waals surface area contributed by atoms with Gasteiger partial charge < -0.3 is 15.7 Å². The highest BCUT2D eigenvalue weighted by Gasteiger charge is 2.29. The molecule has 1 unspecified atom stereocenters. The molecular weight excluding hydrogens is 471 g/mol. The summed E-state index contributed by atoms with van der Waals surface area (Å²) in [6, 6.07) is 9.67. The number of halogens is 1. The van der Waals surface area contributed by atoms with E-state index in [4.69, 9.17) is 4.98 Å². The number of nitrogens with one attached hydrogen (secondary N) is 2. The van der Waals surface area contributed by atoms with Crippen molar-refractivity contribution in [3.05, 3.63) is 54.0 Å². The minimum Gasteiger partial charge on any atom is -0.481 e. The zero-order valence-electron chi connectivity index (χ0n) is 21.1. The normalized spacial score (nSPS) is 18.0. The quantitative estimate of drug-likeness (QED) is 0.346. The van der Waals surface area contributed by atoms with E-state index in [-0.39, 0.29) is 24.1 Å². The van der Waals surface area contributed by atoms with Crippen molar-refractivity contribution >= 4 is 23.3 Å². The lowest BCUT2D eigenvalue weighted by molar-refractivity contribution is -0.137. The van der Waals surface area contributed by atoms with Crippen LogP contribution in [-0.2, 0) is 4.79 Å². The van der Waals surface area contributed by atoms with Gasteiger partial charge in [0.05, 0.1) is 12.0 Å². The van der Waals surface area contributed by atoms with E-state index in [1.165, 1.54) is 31.4 Å². The number of aliphatic carboxylic acids is 1. The van der Waals surface area contributed by atoms with Gasteiger partial charge in [0.1, 0.15) is 17.3 Å². The van der Waals surface area contributed by atoms with Gasteiger partial charge in [-0.25, -0.2) is 9.37 Å². The largest absolute Gasteiger partial charge is 0.481 e. The number of amides is 1. The first-order valence-corrected chi connectivity index (χ1v) is 13.6. The summed E-state index contributed by atoms with van der Waals surface area (Å²) in [5.74, 6) is -0.597. The van der Waals surface area contributed by atoms with Crippen molar-refractivity contribution in [2.24, 2.45) is 5.92 Å². The van der Waals surface area contributed by atoms with E-state index in [0.717, 1.165) is 56.3 Å². The van der Waals surface area contributed by atoms with E-state index in [2.05, 4.69) is 10.6 Å². The summed E-state index contributed by atoms with van der Waals surface area (Å²) in [5, 5.41) is 16.2. The summed E-state index contributed by atoms with van der Waals surface area (Å²) >= 11 is 0. The van der Waals surface area contributed by atoms with E-state index >= 15 is 0 Å². The number of hydrogen-bond acceptors (Lipinski definition) is 4. The number of carbonyl (C=O) groups excluding carboxylic acids is 1. The van der Waals surface area contributed by atoms with Crippen LogP contribution in [0.5, 0.6) is 0 Å². The van der Waals surface area contributed by atoms with E-state index in [1.54, 1.807) is 18.2 Å². The van der Waals surface area contributed by atoms with Crippen LogP contribution in [0.3, 0.4) is 0 Å². The molecule has 2 aliphatic carbocycles. The Morgan fingerprint density at radius 1 is 1.00 bits per heavy atom. The molecule has 2 aliphatic rings. The van der Waals surface area contributed by atoms with Crippen LogP contribution >= 0.6 is 0 Å². The Hall–Kier alpha value is -3.42. The Labute approximate surface area is 216 Å². The summed E-state index contributed by atoms with van der Waals surface area (Å²) in [6.45, 7) is 0. The van der Waals surface area contributed by atoms with Crippen LogP contribution in [0.25, 0.3) is 16.9 Å². The number of hydrogen-bond donors (Lipinski definition) is 3. The minimum atomic E-state index is -0.910. The highest BCUT2D eigenvalue weighted by Crippen LogP contribution is 2.33. The molecule has 7 nitrogen and oxygen atoms in total. The number of fused-ring (bicyclic) bond motifs is 1. The fraction of sp³-hybridized carbons (Fsp3) is 0.483. The maximum Gasteiger partial charge on any atom is 0.305 e. The maximum atomic E-state index is 13.7. The van der Waals surface area contributed by atoms with Gasteiger partial charge in [-0.1, -0.05) is 38.5 Å². The molecule has 1 amide bonds. The summed E-state index contributed by atoms with van der Waals surface area (Å²) < 4.78 is 15.6. The second-order valence-electron chi connectivity index (χ2n) is 10.5. The summed E-state index contributed by atoms with van der Waals surface area (Å²) in [5.41, 5.74) is 2.32. The first-order valence-electron chi connectivity index (χ1n) is 13.6. The molecule has 0 spiro atoms. The van der Waals surface area contributed by atoms with Crippen LogP contribution in [0.1, 0.15) is 81.0 Å². The lowest BCUT2D eigenvalue weighted by Crippen LogP contribution is -2.42. The third kappa shape index (κ3) is 5.78. The van der Waals surface area contributed by atoms with Gasteiger partial charge in [0.15, 0.2) is 5.65 Å². The van der Waals surface area contributed by atoms with E-state index in [9.17, 15) is 19.1 Å². The van der Waals surface area contributed by atoms with Gasteiger partial charge >= 0.3 is 5.97 Å². The summed E-state index contributed by atoms with van der Waals surface area (Å²) in [4.78, 5) is 30.0. The van der Waals surface area contributed by atoms with Crippen molar-refractivity contribution in [3.8, 4) is 11.3 Å². The highest BCUT2D eigenvalue weighted by atomic mass is 19.1. The number of benzene rings is 1. The molecule has 3 aromatic rings. The third-order valence-electron chi connectivity index (χ3n) is 7.89. The van der Waals surface area contributed by atoms with Gasteiger partial charge in [0.25, 0.3) is 5.91 Å². The smallest absolute Gasteiger partial charge is 0.305 e. The highest BCUT2D eigenvalue weighted by molar-refractivity contribution is 6.01. The molecule has 2 aromatic heterocycles. The van der Waals surface area contributed by atoms with Crippen LogP contribution in [-0.4, -0.2) is 38.5 Å². The Balaban J connectivity index is 1.51. The van der Waals surface area contributed by atoms with E-state index in [1.807, 2.05) is 16.7 Å². The first kappa shape index (κ1) is 25.2. The van der Waals surface area contributed by atoms with Gasteiger partial charge in [-0.05, 0) is 68.0 Å². The molecule has 0 aliphatic heterocycles. The molecule has 2 fully saturated rings. The number of aromatic nitrogens is 2. The molecular formula is C29H35FN4O3. The molecule has 2 saturated carbocycles. The molecule has 2 heterocycles. The predicted molar refractivity (Wildman–Crippen MR) is 141 cm³/mol. The van der Waals surface area contributed by atoms with E-state index < -0.39 is 12.0 Å². The number of carbonyl (C=O) groups is 2. The molecule has 8 heteroatoms. The molecule has 0 radical (unpaired) electrons. The monoisotopic (exact) mass is 506 g/mol. The molecule has 0 saturated heterocycles. The number of anilines is 1. The predicted octanol–water partition coefficient (Wildman–Crippen LogP) is 6.04. The van der Waals surface area contributed by atoms with Crippen LogP contribution in [0.2, 0.25) is 0 Å². The van der Waals surface area contributed by atoms with Gasteiger partial charge in [-0.3, -0.25) is 14.0 Å². The molecule has 0 bridgehead atoms. The SMILES string of the molecule is O=C(O)CC(NC(=O)c1cccn2c(NC3CCCCC3)c(-c3ccc(F)cc3)nc12)C1CCCCC1. The van der Waals surface area contributed by atoms with Gasteiger partial charge in [-0.15, -0.1) is 0 Å².